The van der Waals surface area contributed by atoms with Crippen molar-refractivity contribution in [3.8, 4) is 10.6 Å². The number of carbonyl (C=O) groups is 2. The molecule has 1 unspecified atom stereocenters. The van der Waals surface area contributed by atoms with E-state index in [-0.39, 0.29) is 12.5 Å². The van der Waals surface area contributed by atoms with Crippen molar-refractivity contribution in [1.29, 1.82) is 0 Å². The molecule has 0 saturated carbocycles. The quantitative estimate of drug-likeness (QED) is 0.777. The van der Waals surface area contributed by atoms with E-state index < -0.39 is 11.9 Å². The first-order valence-corrected chi connectivity index (χ1v) is 9.09. The molecule has 3 aromatic rings. The average molecular weight is 356 g/mol. The Morgan fingerprint density at radius 3 is 2.79 bits per heavy atom. The van der Waals surface area contributed by atoms with Gasteiger partial charge >= 0.3 is 5.97 Å². The number of thiophene rings is 1. The van der Waals surface area contributed by atoms with Gasteiger partial charge in [0.15, 0.2) is 0 Å². The van der Waals surface area contributed by atoms with E-state index in [4.69, 9.17) is 0 Å². The molecule has 0 bridgehead atoms. The van der Waals surface area contributed by atoms with E-state index in [0.717, 1.165) is 10.6 Å². The predicted molar refractivity (Wildman–Crippen MR) is 93.9 cm³/mol. The van der Waals surface area contributed by atoms with Crippen LogP contribution in [0.3, 0.4) is 0 Å². The van der Waals surface area contributed by atoms with Gasteiger partial charge in [0.2, 0.25) is 0 Å². The minimum absolute atomic E-state index is 0.138. The van der Waals surface area contributed by atoms with Crippen molar-refractivity contribution in [2.45, 2.75) is 5.92 Å². The van der Waals surface area contributed by atoms with Crippen LogP contribution in [-0.2, 0) is 4.79 Å². The molecule has 1 atom stereocenters. The summed E-state index contributed by atoms with van der Waals surface area (Å²) >= 11 is 2.99. The van der Waals surface area contributed by atoms with Crippen molar-refractivity contribution in [2.75, 3.05) is 11.4 Å². The summed E-state index contributed by atoms with van der Waals surface area (Å²) in [6.45, 7) is 0.138. The van der Waals surface area contributed by atoms with Crippen molar-refractivity contribution in [2.24, 2.45) is 0 Å². The van der Waals surface area contributed by atoms with E-state index in [9.17, 15) is 14.7 Å². The molecule has 0 aliphatic carbocycles. The number of aromatic nitrogens is 1. The molecular weight excluding hydrogens is 344 g/mol. The van der Waals surface area contributed by atoms with Gasteiger partial charge in [-0.2, -0.15) is 11.3 Å². The number of fused-ring (bicyclic) bond motifs is 1. The maximum absolute atomic E-state index is 12.8. The van der Waals surface area contributed by atoms with Gasteiger partial charge in [-0.25, -0.2) is 4.98 Å². The normalized spacial score (nSPS) is 16.2. The molecule has 24 heavy (non-hydrogen) atoms. The van der Waals surface area contributed by atoms with E-state index >= 15 is 0 Å². The molecule has 0 spiro atoms. The minimum atomic E-state index is -0.921. The van der Waals surface area contributed by atoms with Gasteiger partial charge in [0.05, 0.1) is 0 Å². The van der Waals surface area contributed by atoms with Gasteiger partial charge in [0.25, 0.3) is 5.91 Å². The Morgan fingerprint density at radius 1 is 1.21 bits per heavy atom. The molecule has 1 N–H and O–H groups in total. The Hall–Kier alpha value is -2.51. The first kappa shape index (κ1) is 15.0. The zero-order valence-electron chi connectivity index (χ0n) is 12.4. The van der Waals surface area contributed by atoms with Crippen molar-refractivity contribution >= 4 is 40.2 Å². The second-order valence-corrected chi connectivity index (χ2v) is 7.05. The second kappa shape index (κ2) is 5.85. The zero-order chi connectivity index (χ0) is 16.7. The van der Waals surface area contributed by atoms with Crippen molar-refractivity contribution < 1.29 is 14.7 Å². The number of aliphatic carboxylic acids is 1. The van der Waals surface area contributed by atoms with Crippen LogP contribution in [-0.4, -0.2) is 28.5 Å². The lowest BCUT2D eigenvalue weighted by Gasteiger charge is -2.15. The number of hydrogen-bond donors (Lipinski definition) is 1. The van der Waals surface area contributed by atoms with Gasteiger partial charge in [0.1, 0.15) is 16.6 Å². The monoisotopic (exact) mass is 356 g/mol. The van der Waals surface area contributed by atoms with Crippen LogP contribution in [0.25, 0.3) is 10.6 Å². The number of carboxylic acid groups (broad SMARTS) is 1. The molecule has 3 heterocycles. The van der Waals surface area contributed by atoms with Crippen molar-refractivity contribution in [3.05, 3.63) is 57.7 Å². The highest BCUT2D eigenvalue weighted by Crippen LogP contribution is 2.37. The van der Waals surface area contributed by atoms with Gasteiger partial charge in [-0.05, 0) is 23.1 Å². The summed E-state index contributed by atoms with van der Waals surface area (Å²) in [6.07, 6.45) is 0. The molecule has 4 rings (SSSR count). The number of thiazole rings is 1. The van der Waals surface area contributed by atoms with Crippen LogP contribution in [0, 0.1) is 0 Å². The van der Waals surface area contributed by atoms with Crippen LogP contribution in [0.4, 0.5) is 5.69 Å². The first-order valence-electron chi connectivity index (χ1n) is 7.27. The highest BCUT2D eigenvalue weighted by molar-refractivity contribution is 7.14. The molecule has 0 radical (unpaired) electrons. The molecular formula is C17H12N2O3S2. The van der Waals surface area contributed by atoms with Gasteiger partial charge in [-0.1, -0.05) is 18.2 Å². The number of hydrogen-bond acceptors (Lipinski definition) is 5. The molecule has 7 heteroatoms. The van der Waals surface area contributed by atoms with Crippen LogP contribution in [0.1, 0.15) is 22.0 Å². The van der Waals surface area contributed by atoms with E-state index in [1.807, 2.05) is 16.8 Å². The second-order valence-electron chi connectivity index (χ2n) is 5.42. The first-order chi connectivity index (χ1) is 11.6. The number of amides is 1. The lowest BCUT2D eigenvalue weighted by molar-refractivity contribution is -0.138. The van der Waals surface area contributed by atoms with E-state index in [0.29, 0.717) is 16.9 Å². The topological polar surface area (TPSA) is 70.5 Å². The number of carboxylic acids is 1. The average Bonchev–Trinajstić information content (AvgIpc) is 3.32. The Balaban J connectivity index is 1.67. The summed E-state index contributed by atoms with van der Waals surface area (Å²) in [4.78, 5) is 30.3. The standard InChI is InChI=1S/C17H12N2O3S2/c20-16(13-9-24-15(18-13)10-5-6-23-8-10)19-7-12(17(21)22)11-3-1-2-4-14(11)19/h1-6,8-9,12H,7H2,(H,21,22). The number of rotatable bonds is 3. The number of anilines is 1. The summed E-state index contributed by atoms with van der Waals surface area (Å²) in [6, 6.07) is 9.10. The Labute approximate surface area is 145 Å². The highest BCUT2D eigenvalue weighted by atomic mass is 32.1. The third-order valence-electron chi connectivity index (χ3n) is 4.00. The highest BCUT2D eigenvalue weighted by Gasteiger charge is 2.37. The maximum Gasteiger partial charge on any atom is 0.312 e. The molecule has 2 aromatic heterocycles. The largest absolute Gasteiger partial charge is 0.481 e. The summed E-state index contributed by atoms with van der Waals surface area (Å²) < 4.78 is 0. The van der Waals surface area contributed by atoms with Crippen LogP contribution in [0.15, 0.2) is 46.5 Å². The van der Waals surface area contributed by atoms with E-state index in [1.54, 1.807) is 41.0 Å². The van der Waals surface area contributed by atoms with Gasteiger partial charge in [0, 0.05) is 28.6 Å². The predicted octanol–water partition coefficient (Wildman–Crippen LogP) is 3.70. The van der Waals surface area contributed by atoms with Crippen LogP contribution >= 0.6 is 22.7 Å². The molecule has 0 fully saturated rings. The van der Waals surface area contributed by atoms with Crippen LogP contribution < -0.4 is 4.90 Å². The third-order valence-corrected chi connectivity index (χ3v) is 5.58. The summed E-state index contributed by atoms with van der Waals surface area (Å²) in [7, 11) is 0. The van der Waals surface area contributed by atoms with Gasteiger partial charge < -0.3 is 10.0 Å². The molecule has 1 aliphatic rings. The molecule has 0 saturated heterocycles. The molecule has 5 nitrogen and oxygen atoms in total. The van der Waals surface area contributed by atoms with E-state index in [1.165, 1.54) is 16.2 Å². The SMILES string of the molecule is O=C(O)C1CN(C(=O)c2csc(-c3ccsc3)n2)c2ccccc21. The van der Waals surface area contributed by atoms with Crippen LogP contribution in [0.2, 0.25) is 0 Å². The van der Waals surface area contributed by atoms with Gasteiger partial charge in [-0.3, -0.25) is 9.59 Å². The van der Waals surface area contributed by atoms with Gasteiger partial charge in [-0.15, -0.1) is 11.3 Å². The number of benzene rings is 1. The zero-order valence-corrected chi connectivity index (χ0v) is 14.0. The Bertz CT molecular complexity index is 918. The number of nitrogens with zero attached hydrogens (tertiary/aromatic N) is 2. The Morgan fingerprint density at radius 2 is 2.04 bits per heavy atom. The Kier molecular flexibility index (Phi) is 3.66. The fourth-order valence-electron chi connectivity index (χ4n) is 2.84. The molecule has 1 aromatic carbocycles. The van der Waals surface area contributed by atoms with E-state index in [2.05, 4.69) is 4.98 Å². The van der Waals surface area contributed by atoms with Crippen molar-refractivity contribution in [1.82, 2.24) is 4.98 Å². The fraction of sp³-hybridized carbons (Fsp3) is 0.118. The minimum Gasteiger partial charge on any atom is -0.481 e. The fourth-order valence-corrected chi connectivity index (χ4v) is 4.35. The molecule has 1 amide bonds. The number of carbonyl (C=O) groups excluding carboxylic acids is 1. The molecule has 1 aliphatic heterocycles. The smallest absolute Gasteiger partial charge is 0.312 e. The lowest BCUT2D eigenvalue weighted by Crippen LogP contribution is -2.31. The molecule has 120 valence electrons. The lowest BCUT2D eigenvalue weighted by atomic mass is 10.0. The van der Waals surface area contributed by atoms with Crippen LogP contribution in [0.5, 0.6) is 0 Å². The number of para-hydroxylation sites is 1. The summed E-state index contributed by atoms with van der Waals surface area (Å²) in [5.74, 6) is -1.88. The van der Waals surface area contributed by atoms with Crippen molar-refractivity contribution in [3.63, 3.8) is 0 Å². The summed E-state index contributed by atoms with van der Waals surface area (Å²) in [5, 5.41) is 15.9. The summed E-state index contributed by atoms with van der Waals surface area (Å²) in [5.41, 5.74) is 2.67. The third kappa shape index (κ3) is 2.42. The maximum atomic E-state index is 12.8.